The van der Waals surface area contributed by atoms with Crippen LogP contribution < -0.4 is 5.73 Å². The quantitative estimate of drug-likeness (QED) is 0.694. The zero-order valence-corrected chi connectivity index (χ0v) is 10.9. The highest BCUT2D eigenvalue weighted by atomic mass is 14.7. The van der Waals surface area contributed by atoms with Gasteiger partial charge in [0, 0.05) is 6.04 Å². The molecule has 0 saturated carbocycles. The average molecular weight is 199 g/mol. The molecule has 0 amide bonds. The monoisotopic (exact) mass is 199 g/mol. The van der Waals surface area contributed by atoms with Crippen molar-refractivity contribution in [2.45, 2.75) is 60.4 Å². The lowest BCUT2D eigenvalue weighted by Crippen LogP contribution is -2.36. The van der Waals surface area contributed by atoms with E-state index in [9.17, 15) is 0 Å². The van der Waals surface area contributed by atoms with Gasteiger partial charge in [-0.05, 0) is 36.5 Å². The van der Waals surface area contributed by atoms with Crippen LogP contribution in [0.2, 0.25) is 0 Å². The fourth-order valence-corrected chi connectivity index (χ4v) is 2.17. The third kappa shape index (κ3) is 5.64. The van der Waals surface area contributed by atoms with Gasteiger partial charge in [-0.15, -0.1) is 0 Å². The van der Waals surface area contributed by atoms with Crippen molar-refractivity contribution in [2.75, 3.05) is 0 Å². The zero-order chi connectivity index (χ0) is 11.3. The van der Waals surface area contributed by atoms with Crippen molar-refractivity contribution in [1.82, 2.24) is 0 Å². The number of nitrogens with two attached hydrogens (primary N) is 1. The van der Waals surface area contributed by atoms with Crippen LogP contribution in [0.25, 0.3) is 0 Å². The SMILES string of the molecule is CC(C)CC(CC(C)C)C(N)C(C)C. The van der Waals surface area contributed by atoms with Gasteiger partial charge in [0.15, 0.2) is 0 Å². The Labute approximate surface area is 90.5 Å². The van der Waals surface area contributed by atoms with Crippen molar-refractivity contribution in [3.8, 4) is 0 Å². The zero-order valence-electron chi connectivity index (χ0n) is 10.9. The van der Waals surface area contributed by atoms with Crippen molar-refractivity contribution in [2.24, 2.45) is 29.4 Å². The Morgan fingerprint density at radius 1 is 0.786 bits per heavy atom. The van der Waals surface area contributed by atoms with Crippen molar-refractivity contribution in [3.05, 3.63) is 0 Å². The standard InChI is InChI=1S/C13H29N/c1-9(2)7-12(8-10(3)4)13(14)11(5)6/h9-13H,7-8,14H2,1-6H3. The minimum atomic E-state index is 0.375. The third-order valence-corrected chi connectivity index (χ3v) is 2.86. The molecule has 0 heterocycles. The lowest BCUT2D eigenvalue weighted by Gasteiger charge is -2.29. The van der Waals surface area contributed by atoms with E-state index >= 15 is 0 Å². The average Bonchev–Trinajstić information content (AvgIpc) is 1.99. The molecule has 0 aliphatic rings. The van der Waals surface area contributed by atoms with E-state index in [0.29, 0.717) is 17.9 Å². The highest BCUT2D eigenvalue weighted by Gasteiger charge is 2.22. The van der Waals surface area contributed by atoms with Gasteiger partial charge in [0.05, 0.1) is 0 Å². The molecule has 0 radical (unpaired) electrons. The Bertz CT molecular complexity index is 128. The molecule has 1 atom stereocenters. The maximum atomic E-state index is 6.26. The van der Waals surface area contributed by atoms with Crippen LogP contribution in [-0.4, -0.2) is 6.04 Å². The van der Waals surface area contributed by atoms with Gasteiger partial charge in [0.1, 0.15) is 0 Å². The molecular weight excluding hydrogens is 170 g/mol. The molecule has 0 aromatic heterocycles. The third-order valence-electron chi connectivity index (χ3n) is 2.86. The van der Waals surface area contributed by atoms with Crippen molar-refractivity contribution in [1.29, 1.82) is 0 Å². The van der Waals surface area contributed by atoms with Crippen molar-refractivity contribution in [3.63, 3.8) is 0 Å². The van der Waals surface area contributed by atoms with Crippen LogP contribution in [0, 0.1) is 23.7 Å². The molecule has 2 N–H and O–H groups in total. The second-order valence-corrected chi connectivity index (χ2v) is 5.84. The molecule has 0 aliphatic carbocycles. The molecule has 86 valence electrons. The van der Waals surface area contributed by atoms with Crippen LogP contribution in [-0.2, 0) is 0 Å². The molecule has 1 heteroatoms. The van der Waals surface area contributed by atoms with Crippen molar-refractivity contribution >= 4 is 0 Å². The first-order valence-corrected chi connectivity index (χ1v) is 6.10. The molecule has 0 bridgehead atoms. The van der Waals surface area contributed by atoms with Gasteiger partial charge in [-0.3, -0.25) is 0 Å². The van der Waals surface area contributed by atoms with E-state index in [1.807, 2.05) is 0 Å². The molecule has 0 rings (SSSR count). The lowest BCUT2D eigenvalue weighted by molar-refractivity contribution is 0.253. The molecule has 14 heavy (non-hydrogen) atoms. The molecule has 0 saturated heterocycles. The summed E-state index contributed by atoms with van der Waals surface area (Å²) in [5.74, 6) is 2.85. The van der Waals surface area contributed by atoms with Crippen LogP contribution in [0.3, 0.4) is 0 Å². The molecule has 0 aromatic carbocycles. The minimum Gasteiger partial charge on any atom is -0.327 e. The molecular formula is C13H29N. The molecule has 1 nitrogen and oxygen atoms in total. The van der Waals surface area contributed by atoms with E-state index in [0.717, 1.165) is 11.8 Å². The Kier molecular flexibility index (Phi) is 6.43. The summed E-state index contributed by atoms with van der Waals surface area (Å²) in [5, 5.41) is 0. The first-order chi connectivity index (χ1) is 6.34. The molecule has 0 spiro atoms. The summed E-state index contributed by atoms with van der Waals surface area (Å²) in [5.41, 5.74) is 6.26. The van der Waals surface area contributed by atoms with Crippen LogP contribution in [0.1, 0.15) is 54.4 Å². The summed E-state index contributed by atoms with van der Waals surface area (Å²) in [4.78, 5) is 0. The van der Waals surface area contributed by atoms with E-state index in [2.05, 4.69) is 41.5 Å². The van der Waals surface area contributed by atoms with Crippen LogP contribution >= 0.6 is 0 Å². The van der Waals surface area contributed by atoms with Crippen LogP contribution in [0.15, 0.2) is 0 Å². The van der Waals surface area contributed by atoms with E-state index in [4.69, 9.17) is 5.73 Å². The fourth-order valence-electron chi connectivity index (χ4n) is 2.17. The molecule has 0 fully saturated rings. The Hall–Kier alpha value is -0.0400. The Morgan fingerprint density at radius 3 is 1.36 bits per heavy atom. The summed E-state index contributed by atoms with van der Waals surface area (Å²) in [6.45, 7) is 13.6. The van der Waals surface area contributed by atoms with Crippen LogP contribution in [0.4, 0.5) is 0 Å². The predicted octanol–water partition coefficient (Wildman–Crippen LogP) is 3.68. The Balaban J connectivity index is 4.22. The van der Waals surface area contributed by atoms with Gasteiger partial charge in [-0.1, -0.05) is 41.5 Å². The summed E-state index contributed by atoms with van der Waals surface area (Å²) >= 11 is 0. The largest absolute Gasteiger partial charge is 0.327 e. The predicted molar refractivity (Wildman–Crippen MR) is 65.2 cm³/mol. The summed E-state index contributed by atoms with van der Waals surface area (Å²) in [6.07, 6.45) is 2.55. The lowest BCUT2D eigenvalue weighted by atomic mass is 9.80. The fraction of sp³-hybridized carbons (Fsp3) is 1.00. The van der Waals surface area contributed by atoms with E-state index in [1.165, 1.54) is 12.8 Å². The smallest absolute Gasteiger partial charge is 0.00905 e. The van der Waals surface area contributed by atoms with Crippen LogP contribution in [0.5, 0.6) is 0 Å². The van der Waals surface area contributed by atoms with Gasteiger partial charge in [0.2, 0.25) is 0 Å². The van der Waals surface area contributed by atoms with Gasteiger partial charge >= 0.3 is 0 Å². The number of hydrogen-bond donors (Lipinski definition) is 1. The normalized spacial score (nSPS) is 14.8. The first-order valence-electron chi connectivity index (χ1n) is 6.10. The highest BCUT2D eigenvalue weighted by molar-refractivity contribution is 4.77. The minimum absolute atomic E-state index is 0.375. The second-order valence-electron chi connectivity index (χ2n) is 5.84. The van der Waals surface area contributed by atoms with E-state index in [-0.39, 0.29) is 0 Å². The van der Waals surface area contributed by atoms with Gasteiger partial charge in [-0.2, -0.15) is 0 Å². The van der Waals surface area contributed by atoms with Gasteiger partial charge in [-0.25, -0.2) is 0 Å². The van der Waals surface area contributed by atoms with Gasteiger partial charge in [0.25, 0.3) is 0 Å². The Morgan fingerprint density at radius 2 is 1.14 bits per heavy atom. The van der Waals surface area contributed by atoms with E-state index < -0.39 is 0 Å². The number of rotatable bonds is 6. The maximum absolute atomic E-state index is 6.26. The summed E-state index contributed by atoms with van der Waals surface area (Å²) in [7, 11) is 0. The first kappa shape index (κ1) is 14.0. The van der Waals surface area contributed by atoms with E-state index in [1.54, 1.807) is 0 Å². The molecule has 0 aliphatic heterocycles. The summed E-state index contributed by atoms with van der Waals surface area (Å²) < 4.78 is 0. The van der Waals surface area contributed by atoms with Gasteiger partial charge < -0.3 is 5.73 Å². The topological polar surface area (TPSA) is 26.0 Å². The number of hydrogen-bond acceptors (Lipinski definition) is 1. The second kappa shape index (κ2) is 6.44. The highest BCUT2D eigenvalue weighted by Crippen LogP contribution is 2.25. The summed E-state index contributed by atoms with van der Waals surface area (Å²) in [6, 6.07) is 0.375. The van der Waals surface area contributed by atoms with Crippen molar-refractivity contribution < 1.29 is 0 Å². The maximum Gasteiger partial charge on any atom is 0.00905 e. The molecule has 0 aromatic rings. The molecule has 1 unspecified atom stereocenters.